The molecule has 0 aromatic carbocycles. The van der Waals surface area contributed by atoms with Crippen LogP contribution in [0.25, 0.3) is 11.5 Å². The average Bonchev–Trinajstić information content (AvgIpc) is 2.86. The summed E-state index contributed by atoms with van der Waals surface area (Å²) in [5.74, 6) is 0.888. The van der Waals surface area contributed by atoms with Crippen LogP contribution in [0.3, 0.4) is 0 Å². The molecule has 2 rings (SSSR count). The normalized spacial score (nSPS) is 12.9. The lowest BCUT2D eigenvalue weighted by Crippen LogP contribution is -2.17. The fraction of sp³-hybridized carbons (Fsp3) is 0.400. The topological polar surface area (TPSA) is 84.2 Å². The summed E-state index contributed by atoms with van der Waals surface area (Å²) in [7, 11) is 1.53. The van der Waals surface area contributed by atoms with Crippen LogP contribution >= 0.6 is 0 Å². The average molecular weight is 223 g/mol. The fourth-order valence-corrected chi connectivity index (χ4v) is 1.37. The second-order valence-corrected chi connectivity index (χ2v) is 3.41. The van der Waals surface area contributed by atoms with E-state index in [4.69, 9.17) is 9.26 Å². The third-order valence-electron chi connectivity index (χ3n) is 2.08. The van der Waals surface area contributed by atoms with Crippen LogP contribution < -0.4 is 0 Å². The number of aliphatic hydroxyl groups excluding tert-OH is 1. The minimum atomic E-state index is -0.623. The maximum absolute atomic E-state index is 9.48. The molecule has 16 heavy (non-hydrogen) atoms. The molecule has 0 fully saturated rings. The molecule has 0 saturated heterocycles. The number of aliphatic hydroxyl groups is 1. The molecule has 0 saturated carbocycles. The number of H-pyrrole nitrogens is 1. The number of nitrogens with one attached hydrogen (secondary N) is 1. The monoisotopic (exact) mass is 223 g/mol. The number of hydrogen-bond acceptors (Lipinski definition) is 5. The Balaban J connectivity index is 2.03. The Bertz CT molecular complexity index is 424. The van der Waals surface area contributed by atoms with E-state index >= 15 is 0 Å². The number of aromatic nitrogens is 3. The summed E-state index contributed by atoms with van der Waals surface area (Å²) in [6.07, 6.45) is 1.45. The van der Waals surface area contributed by atoms with E-state index in [1.54, 1.807) is 6.20 Å². The summed E-state index contributed by atoms with van der Waals surface area (Å²) in [5, 5.41) is 13.3. The summed E-state index contributed by atoms with van der Waals surface area (Å²) in [6, 6.07) is 3.70. The van der Waals surface area contributed by atoms with E-state index in [1.807, 2.05) is 12.1 Å². The number of ether oxygens (including phenoxy) is 1. The molecule has 2 aromatic rings. The fourth-order valence-electron chi connectivity index (χ4n) is 1.37. The lowest BCUT2D eigenvalue weighted by atomic mass is 10.3. The van der Waals surface area contributed by atoms with Gasteiger partial charge in [-0.3, -0.25) is 0 Å². The first-order valence-corrected chi connectivity index (χ1v) is 4.93. The Kier molecular flexibility index (Phi) is 3.33. The molecule has 0 bridgehead atoms. The highest BCUT2D eigenvalue weighted by Crippen LogP contribution is 2.13. The minimum Gasteiger partial charge on any atom is -0.390 e. The van der Waals surface area contributed by atoms with Gasteiger partial charge in [-0.25, -0.2) is 0 Å². The van der Waals surface area contributed by atoms with Crippen LogP contribution in [0.15, 0.2) is 22.9 Å². The molecular formula is C10H13N3O3. The maximum atomic E-state index is 9.48. The molecule has 2 N–H and O–H groups in total. The van der Waals surface area contributed by atoms with Crippen LogP contribution in [-0.4, -0.2) is 40.1 Å². The van der Waals surface area contributed by atoms with E-state index < -0.39 is 6.10 Å². The minimum absolute atomic E-state index is 0.250. The Morgan fingerprint density at radius 3 is 3.19 bits per heavy atom. The molecule has 1 unspecified atom stereocenters. The van der Waals surface area contributed by atoms with Gasteiger partial charge in [-0.1, -0.05) is 5.16 Å². The lowest BCUT2D eigenvalue weighted by Gasteiger charge is -2.04. The van der Waals surface area contributed by atoms with Gasteiger partial charge in [0.2, 0.25) is 11.7 Å². The number of rotatable bonds is 5. The van der Waals surface area contributed by atoms with E-state index in [0.29, 0.717) is 18.1 Å². The van der Waals surface area contributed by atoms with Gasteiger partial charge < -0.3 is 19.4 Å². The predicted octanol–water partition coefficient (Wildman–Crippen LogP) is 0.615. The molecule has 6 nitrogen and oxygen atoms in total. The van der Waals surface area contributed by atoms with Crippen molar-refractivity contribution in [3.8, 4) is 11.5 Å². The Hall–Kier alpha value is -1.66. The first kappa shape index (κ1) is 10.8. The summed E-state index contributed by atoms with van der Waals surface area (Å²) < 4.78 is 9.82. The predicted molar refractivity (Wildman–Crippen MR) is 55.7 cm³/mol. The Morgan fingerprint density at radius 2 is 2.50 bits per heavy atom. The smallest absolute Gasteiger partial charge is 0.229 e. The molecule has 0 aliphatic carbocycles. The molecule has 86 valence electrons. The van der Waals surface area contributed by atoms with Gasteiger partial charge in [0.15, 0.2) is 0 Å². The Morgan fingerprint density at radius 1 is 1.62 bits per heavy atom. The van der Waals surface area contributed by atoms with Crippen molar-refractivity contribution in [1.29, 1.82) is 0 Å². The van der Waals surface area contributed by atoms with E-state index in [2.05, 4.69) is 15.1 Å². The molecule has 2 aromatic heterocycles. The number of aromatic amines is 1. The zero-order chi connectivity index (χ0) is 11.4. The highest BCUT2D eigenvalue weighted by Gasteiger charge is 2.13. The quantitative estimate of drug-likeness (QED) is 0.776. The second kappa shape index (κ2) is 4.91. The molecule has 0 amide bonds. The van der Waals surface area contributed by atoms with Gasteiger partial charge in [0.1, 0.15) is 0 Å². The van der Waals surface area contributed by atoms with Crippen LogP contribution in [-0.2, 0) is 11.2 Å². The summed E-state index contributed by atoms with van der Waals surface area (Å²) in [4.78, 5) is 7.12. The highest BCUT2D eigenvalue weighted by atomic mass is 16.5. The van der Waals surface area contributed by atoms with Gasteiger partial charge >= 0.3 is 0 Å². The standard InChI is InChI=1S/C10H13N3O3/c1-15-6-7(14)5-9-12-10(13-16-9)8-3-2-4-11-8/h2-4,7,11,14H,5-6H2,1H3. The summed E-state index contributed by atoms with van der Waals surface area (Å²) in [5.41, 5.74) is 0.788. The van der Waals surface area contributed by atoms with Gasteiger partial charge in [0.25, 0.3) is 0 Å². The zero-order valence-corrected chi connectivity index (χ0v) is 8.88. The lowest BCUT2D eigenvalue weighted by molar-refractivity contribution is 0.0599. The van der Waals surface area contributed by atoms with Gasteiger partial charge in [-0.15, -0.1) is 0 Å². The van der Waals surface area contributed by atoms with Crippen molar-refractivity contribution < 1.29 is 14.4 Å². The molecule has 0 aliphatic heterocycles. The van der Waals surface area contributed by atoms with E-state index in [-0.39, 0.29) is 6.61 Å². The van der Waals surface area contributed by atoms with Crippen LogP contribution in [0, 0.1) is 0 Å². The van der Waals surface area contributed by atoms with Crippen molar-refractivity contribution in [3.05, 3.63) is 24.2 Å². The number of methoxy groups -OCH3 is 1. The molecule has 0 spiro atoms. The van der Waals surface area contributed by atoms with Gasteiger partial charge in [0, 0.05) is 13.3 Å². The van der Waals surface area contributed by atoms with E-state index in [1.165, 1.54) is 7.11 Å². The van der Waals surface area contributed by atoms with Crippen molar-refractivity contribution in [2.45, 2.75) is 12.5 Å². The maximum Gasteiger partial charge on any atom is 0.229 e. The molecule has 0 aliphatic rings. The highest BCUT2D eigenvalue weighted by molar-refractivity contribution is 5.47. The number of nitrogens with zero attached hydrogens (tertiary/aromatic N) is 2. The first-order valence-electron chi connectivity index (χ1n) is 4.93. The van der Waals surface area contributed by atoms with Crippen LogP contribution in [0.4, 0.5) is 0 Å². The van der Waals surface area contributed by atoms with E-state index in [0.717, 1.165) is 5.69 Å². The molecule has 2 heterocycles. The van der Waals surface area contributed by atoms with Gasteiger partial charge in [-0.2, -0.15) is 4.98 Å². The Labute approximate surface area is 92.3 Å². The van der Waals surface area contributed by atoms with Crippen LogP contribution in [0.1, 0.15) is 5.89 Å². The largest absolute Gasteiger partial charge is 0.390 e. The first-order chi connectivity index (χ1) is 7.79. The molecular weight excluding hydrogens is 210 g/mol. The van der Waals surface area contributed by atoms with Crippen LogP contribution in [0.2, 0.25) is 0 Å². The SMILES string of the molecule is COCC(O)Cc1nc(-c2ccc[nH]2)no1. The van der Waals surface area contributed by atoms with Gasteiger partial charge in [0.05, 0.1) is 24.8 Å². The summed E-state index contributed by atoms with van der Waals surface area (Å²) >= 11 is 0. The summed E-state index contributed by atoms with van der Waals surface area (Å²) in [6.45, 7) is 0.250. The van der Waals surface area contributed by atoms with Gasteiger partial charge in [-0.05, 0) is 12.1 Å². The number of hydrogen-bond donors (Lipinski definition) is 2. The van der Waals surface area contributed by atoms with Crippen molar-refractivity contribution in [2.75, 3.05) is 13.7 Å². The zero-order valence-electron chi connectivity index (χ0n) is 8.88. The second-order valence-electron chi connectivity index (χ2n) is 3.41. The third-order valence-corrected chi connectivity index (χ3v) is 2.08. The molecule has 0 radical (unpaired) electrons. The van der Waals surface area contributed by atoms with Crippen molar-refractivity contribution in [2.24, 2.45) is 0 Å². The van der Waals surface area contributed by atoms with Crippen molar-refractivity contribution in [3.63, 3.8) is 0 Å². The third kappa shape index (κ3) is 2.47. The molecule has 1 atom stereocenters. The van der Waals surface area contributed by atoms with Crippen LogP contribution in [0.5, 0.6) is 0 Å². The van der Waals surface area contributed by atoms with Crippen molar-refractivity contribution >= 4 is 0 Å². The van der Waals surface area contributed by atoms with Crippen molar-refractivity contribution in [1.82, 2.24) is 15.1 Å². The van der Waals surface area contributed by atoms with E-state index in [9.17, 15) is 5.11 Å². The molecule has 6 heteroatoms.